The molecule has 0 aliphatic heterocycles. The molecule has 0 amide bonds. The first-order valence-electron chi connectivity index (χ1n) is 38.5. The predicted molar refractivity (Wildman–Crippen MR) is 435 cm³/mol. The smallest absolute Gasteiger partial charge is 0.113 e. The van der Waals surface area contributed by atoms with Gasteiger partial charge in [-0.25, -0.2) is 0 Å². The lowest BCUT2D eigenvalue weighted by Gasteiger charge is -2.34. The van der Waals surface area contributed by atoms with Crippen LogP contribution in [0.5, 0.6) is 0 Å². The number of aromatic nitrogens is 2. The van der Waals surface area contributed by atoms with Gasteiger partial charge in [0.2, 0.25) is 0 Å². The summed E-state index contributed by atoms with van der Waals surface area (Å²) in [5, 5.41) is 4.43. The molecule has 13 rings (SSSR count). The van der Waals surface area contributed by atoms with Gasteiger partial charge in [0.1, 0.15) is 11.0 Å². The third-order valence-corrected chi connectivity index (χ3v) is 24.5. The zero-order chi connectivity index (χ0) is 67.6. The molecule has 0 unspecified atom stereocenters. The van der Waals surface area contributed by atoms with Crippen molar-refractivity contribution in [2.45, 2.75) is 218 Å². The van der Waals surface area contributed by atoms with Gasteiger partial charge in [-0.1, -0.05) is 327 Å². The molecule has 0 saturated heterocycles. The summed E-state index contributed by atoms with van der Waals surface area (Å²) in [5.74, 6) is 0. The fourth-order valence-corrected chi connectivity index (χ4v) is 18.7. The molecule has 2 aliphatic carbocycles. The molecule has 0 spiro atoms. The average molecular weight is 1360 g/mol. The molecule has 0 N–H and O–H groups in total. The summed E-state index contributed by atoms with van der Waals surface area (Å²) in [7, 11) is 0. The molecule has 99 heavy (non-hydrogen) atoms. The maximum absolute atomic E-state index is 5.07. The predicted octanol–water partition coefficient (Wildman–Crippen LogP) is 30.0. The van der Waals surface area contributed by atoms with Crippen molar-refractivity contribution in [1.82, 2.24) is 8.75 Å². The van der Waals surface area contributed by atoms with E-state index in [1.807, 2.05) is 22.7 Å². The van der Waals surface area contributed by atoms with E-state index in [1.165, 1.54) is 283 Å². The van der Waals surface area contributed by atoms with Gasteiger partial charge in [0, 0.05) is 31.7 Å². The van der Waals surface area contributed by atoms with Gasteiger partial charge in [0.05, 0.1) is 11.7 Å². The molecule has 0 atom stereocenters. The second kappa shape index (κ2) is 34.2. The highest BCUT2D eigenvalue weighted by molar-refractivity contribution is 7.11. The molecule has 0 saturated carbocycles. The third kappa shape index (κ3) is 15.8. The minimum absolute atomic E-state index is 0.0900. The summed E-state index contributed by atoms with van der Waals surface area (Å²) in [5.41, 5.74) is 28.6. The number of rotatable bonds is 37. The van der Waals surface area contributed by atoms with E-state index in [2.05, 4.69) is 245 Å². The van der Waals surface area contributed by atoms with Crippen molar-refractivity contribution in [3.8, 4) is 77.9 Å². The summed E-state index contributed by atoms with van der Waals surface area (Å²) in [6, 6.07) is 71.0. The summed E-state index contributed by atoms with van der Waals surface area (Å²) in [6.07, 6.45) is 45.1. The number of hydrogen-bond acceptors (Lipinski definition) is 5. The fourth-order valence-electron chi connectivity index (χ4n) is 16.9. The van der Waals surface area contributed by atoms with Crippen molar-refractivity contribution < 1.29 is 0 Å². The molecule has 0 radical (unpaired) electrons. The summed E-state index contributed by atoms with van der Waals surface area (Å²) >= 11 is 4.97. The number of unbranched alkanes of at least 4 members (excludes halogenated alkanes) is 20. The highest BCUT2D eigenvalue weighted by Gasteiger charge is 2.45. The Kier molecular flexibility index (Phi) is 24.2. The SMILES string of the molecule is CCCCCCCCC1(CCCCCCCC)c2cc(-c3ccccc3)ccc2-c2ccc(-c3cc(/C=C/c4cccs4)c(-c4ccc5c(c4)C(CCCCCCCC)(CCCCCCCC)c4cc(-c6ccc(-c7ccccc7)c7nsnc67)ccc4-5)cc3/C=C/c3cccs3)cc21. The van der Waals surface area contributed by atoms with Crippen LogP contribution in [0, 0.1) is 0 Å². The standard InChI is InChI=1S/C94H104N2S3/c1-5-9-13-17-21-31-57-93(58-32-22-18-14-10-6-2)87-65-71(69-37-27-25-28-38-69)45-51-81(87)83-53-47-75(67-89(83)93)85-63-73(44-50-78-42-36-62-98-78)86(64-72(85)43-49-77-41-35-61-97-77)76-48-54-84-82-52-46-74(80-56-55-79(70-39-29-26-30-40-70)91-92(80)96-99-95-91)66-88(82)94(90(84)68-76,59-33-23-19-15-11-7-3)60-34-24-20-16-12-8-4/h25-30,35-56,61-68H,5-24,31-34,57-60H2,1-4H3/b49-43+,50-44+. The second-order valence-corrected chi connectivity index (χ2v) is 31.3. The topological polar surface area (TPSA) is 25.8 Å². The Bertz CT molecular complexity index is 4410. The lowest BCUT2D eigenvalue weighted by molar-refractivity contribution is 0.398. The largest absolute Gasteiger partial charge is 0.172 e. The van der Waals surface area contributed by atoms with Gasteiger partial charge in [-0.3, -0.25) is 0 Å². The van der Waals surface area contributed by atoms with Crippen molar-refractivity contribution >= 4 is 69.7 Å². The Morgan fingerprint density at radius 1 is 0.273 bits per heavy atom. The minimum atomic E-state index is -0.161. The fraction of sp³-hybridized carbons (Fsp3) is 0.362. The van der Waals surface area contributed by atoms with Crippen LogP contribution < -0.4 is 0 Å². The Labute approximate surface area is 606 Å². The first-order chi connectivity index (χ1) is 48.9. The van der Waals surface area contributed by atoms with E-state index >= 15 is 0 Å². The van der Waals surface area contributed by atoms with Gasteiger partial charge >= 0.3 is 0 Å². The van der Waals surface area contributed by atoms with E-state index in [0.717, 1.165) is 29.4 Å². The van der Waals surface area contributed by atoms with Crippen molar-refractivity contribution in [3.63, 3.8) is 0 Å². The van der Waals surface area contributed by atoms with Gasteiger partial charge in [-0.15, -0.1) is 22.7 Å². The van der Waals surface area contributed by atoms with Gasteiger partial charge in [-0.2, -0.15) is 8.75 Å². The molecule has 2 nitrogen and oxygen atoms in total. The van der Waals surface area contributed by atoms with Crippen molar-refractivity contribution in [2.75, 3.05) is 0 Å². The number of fused-ring (bicyclic) bond motifs is 7. The van der Waals surface area contributed by atoms with Crippen molar-refractivity contribution in [1.29, 1.82) is 0 Å². The summed E-state index contributed by atoms with van der Waals surface area (Å²) in [4.78, 5) is 2.53. The molecule has 5 heteroatoms. The highest BCUT2D eigenvalue weighted by atomic mass is 32.1. The zero-order valence-electron chi connectivity index (χ0n) is 59.7. The number of hydrogen-bond donors (Lipinski definition) is 0. The molecule has 3 heterocycles. The van der Waals surface area contributed by atoms with Gasteiger partial charge < -0.3 is 0 Å². The molecule has 3 aromatic heterocycles. The number of thiophene rings is 2. The second-order valence-electron chi connectivity index (χ2n) is 28.9. The normalized spacial score (nSPS) is 13.5. The maximum Gasteiger partial charge on any atom is 0.113 e. The lowest BCUT2D eigenvalue weighted by Crippen LogP contribution is -2.25. The molecule has 0 bridgehead atoms. The van der Waals surface area contributed by atoms with E-state index in [1.54, 1.807) is 11.1 Å². The maximum atomic E-state index is 5.07. The van der Waals surface area contributed by atoms with E-state index in [0.29, 0.717) is 0 Å². The number of benzene rings is 8. The Hall–Kier alpha value is -7.54. The molecule has 8 aromatic carbocycles. The first kappa shape index (κ1) is 69.9. The first-order valence-corrected chi connectivity index (χ1v) is 41.0. The van der Waals surface area contributed by atoms with Crippen LogP contribution in [-0.4, -0.2) is 8.75 Å². The van der Waals surface area contributed by atoms with Crippen LogP contribution in [-0.2, 0) is 10.8 Å². The number of nitrogens with zero attached hydrogens (tertiary/aromatic N) is 2. The molecule has 2 aliphatic rings. The quantitative estimate of drug-likeness (QED) is 0.0363. The molecule has 0 fully saturated rings. The molecular formula is C94H104N2S3. The summed E-state index contributed by atoms with van der Waals surface area (Å²) < 4.78 is 10.1. The Morgan fingerprint density at radius 3 is 0.970 bits per heavy atom. The van der Waals surface area contributed by atoms with Crippen LogP contribution in [0.4, 0.5) is 0 Å². The van der Waals surface area contributed by atoms with Gasteiger partial charge in [0.25, 0.3) is 0 Å². The molecule has 11 aromatic rings. The van der Waals surface area contributed by atoms with Crippen LogP contribution in [0.15, 0.2) is 193 Å². The van der Waals surface area contributed by atoms with Crippen LogP contribution >= 0.6 is 34.4 Å². The van der Waals surface area contributed by atoms with E-state index in [9.17, 15) is 0 Å². The molecule has 508 valence electrons. The van der Waals surface area contributed by atoms with Gasteiger partial charge in [0.15, 0.2) is 0 Å². The van der Waals surface area contributed by atoms with Crippen LogP contribution in [0.25, 0.3) is 113 Å². The Morgan fingerprint density at radius 2 is 0.596 bits per heavy atom. The zero-order valence-corrected chi connectivity index (χ0v) is 62.2. The summed E-state index contributed by atoms with van der Waals surface area (Å²) in [6.45, 7) is 9.37. The van der Waals surface area contributed by atoms with Crippen molar-refractivity contribution in [2.24, 2.45) is 0 Å². The van der Waals surface area contributed by atoms with Gasteiger partial charge in [-0.05, 0) is 197 Å². The third-order valence-electron chi connectivity index (χ3n) is 22.3. The minimum Gasteiger partial charge on any atom is -0.172 e. The molecular weight excluding hydrogens is 1250 g/mol. The Balaban J connectivity index is 0.972. The van der Waals surface area contributed by atoms with E-state index in [-0.39, 0.29) is 10.8 Å². The van der Waals surface area contributed by atoms with Crippen LogP contribution in [0.1, 0.15) is 251 Å². The van der Waals surface area contributed by atoms with E-state index < -0.39 is 0 Å². The van der Waals surface area contributed by atoms with Crippen LogP contribution in [0.3, 0.4) is 0 Å². The van der Waals surface area contributed by atoms with Crippen molar-refractivity contribution in [3.05, 3.63) is 236 Å². The lowest BCUT2D eigenvalue weighted by atomic mass is 9.69. The highest BCUT2D eigenvalue weighted by Crippen LogP contribution is 2.59. The average Bonchev–Trinajstić information content (AvgIpc) is 1.57. The monoisotopic (exact) mass is 1360 g/mol. The van der Waals surface area contributed by atoms with Crippen LogP contribution in [0.2, 0.25) is 0 Å². The van der Waals surface area contributed by atoms with E-state index in [4.69, 9.17) is 8.75 Å².